The Bertz CT molecular complexity index is 1000. The number of carbonyl (C=O) groups is 2. The van der Waals surface area contributed by atoms with E-state index in [4.69, 9.17) is 0 Å². The molecule has 26 heavy (non-hydrogen) atoms. The van der Waals surface area contributed by atoms with Crippen molar-refractivity contribution in [2.75, 3.05) is 7.11 Å². The van der Waals surface area contributed by atoms with Crippen LogP contribution in [0.3, 0.4) is 0 Å². The van der Waals surface area contributed by atoms with Crippen LogP contribution in [0.5, 0.6) is 0 Å². The average Bonchev–Trinajstić information content (AvgIpc) is 3.15. The molecule has 0 aliphatic rings. The summed E-state index contributed by atoms with van der Waals surface area (Å²) in [6.45, 7) is 2.66. The Morgan fingerprint density at radius 1 is 1.04 bits per heavy atom. The highest BCUT2D eigenvalue weighted by atomic mass is 32.1. The number of hydrogen-bond acceptors (Lipinski definition) is 4. The summed E-state index contributed by atoms with van der Waals surface area (Å²) in [4.78, 5) is 29.0. The van der Waals surface area contributed by atoms with Gasteiger partial charge in [-0.2, -0.15) is 4.99 Å². The molecule has 5 nitrogen and oxygen atoms in total. The molecule has 0 radical (unpaired) electrons. The van der Waals surface area contributed by atoms with Crippen molar-refractivity contribution in [3.05, 3.63) is 87.2 Å². The number of rotatable bonds is 4. The predicted octanol–water partition coefficient (Wildman–Crippen LogP) is 3.43. The number of benzene rings is 1. The van der Waals surface area contributed by atoms with Crippen molar-refractivity contribution in [3.63, 3.8) is 0 Å². The highest BCUT2D eigenvalue weighted by Gasteiger charge is 2.13. The first-order valence-electron chi connectivity index (χ1n) is 8.05. The van der Waals surface area contributed by atoms with Gasteiger partial charge < -0.3 is 9.30 Å². The summed E-state index contributed by atoms with van der Waals surface area (Å²) in [5.74, 6) is -0.836. The number of pyridine rings is 1. The summed E-state index contributed by atoms with van der Waals surface area (Å²) in [6, 6.07) is 16.9. The van der Waals surface area contributed by atoms with Crippen LogP contribution >= 0.6 is 11.3 Å². The molecule has 0 aliphatic carbocycles. The molecule has 132 valence electrons. The minimum Gasteiger partial charge on any atom is -0.465 e. The molecule has 3 aromatic rings. The van der Waals surface area contributed by atoms with E-state index < -0.39 is 5.97 Å². The number of thiophene rings is 1. The van der Waals surface area contributed by atoms with E-state index >= 15 is 0 Å². The molecule has 6 heteroatoms. The Morgan fingerprint density at radius 3 is 2.50 bits per heavy atom. The van der Waals surface area contributed by atoms with Crippen LogP contribution in [0.4, 0.5) is 0 Å². The van der Waals surface area contributed by atoms with Gasteiger partial charge >= 0.3 is 5.97 Å². The summed E-state index contributed by atoms with van der Waals surface area (Å²) >= 11 is 1.08. The maximum absolute atomic E-state index is 12.5. The fourth-order valence-electron chi connectivity index (χ4n) is 2.41. The minimum atomic E-state index is -0.455. The quantitative estimate of drug-likeness (QED) is 0.665. The molecule has 0 aliphatic heterocycles. The smallest absolute Gasteiger partial charge is 0.348 e. The first-order chi connectivity index (χ1) is 12.6. The fourth-order valence-corrected chi connectivity index (χ4v) is 3.22. The van der Waals surface area contributed by atoms with E-state index in [9.17, 15) is 9.59 Å². The zero-order valence-corrected chi connectivity index (χ0v) is 15.3. The van der Waals surface area contributed by atoms with Gasteiger partial charge in [-0.1, -0.05) is 35.9 Å². The third-order valence-corrected chi connectivity index (χ3v) is 4.86. The van der Waals surface area contributed by atoms with Crippen molar-refractivity contribution in [2.45, 2.75) is 13.5 Å². The standard InChI is InChI=1S/C20H18N2O3S/c1-14-6-8-15(9-7-14)13-22-12-4-3-5-18(22)21-19(23)16-10-11-17(26-16)20(24)25-2/h3-12H,13H2,1-2H3. The maximum atomic E-state index is 12.5. The Labute approximate surface area is 155 Å². The number of hydrogen-bond donors (Lipinski definition) is 0. The summed E-state index contributed by atoms with van der Waals surface area (Å²) in [7, 11) is 1.31. The van der Waals surface area contributed by atoms with Crippen molar-refractivity contribution in [2.24, 2.45) is 4.99 Å². The number of aromatic nitrogens is 1. The average molecular weight is 366 g/mol. The number of nitrogens with zero attached hydrogens (tertiary/aromatic N) is 2. The van der Waals surface area contributed by atoms with Gasteiger partial charge in [0, 0.05) is 12.7 Å². The van der Waals surface area contributed by atoms with Gasteiger partial charge in [-0.3, -0.25) is 4.79 Å². The second kappa shape index (κ2) is 7.93. The highest BCUT2D eigenvalue weighted by molar-refractivity contribution is 7.15. The van der Waals surface area contributed by atoms with Crippen LogP contribution in [0.15, 0.2) is 65.8 Å². The highest BCUT2D eigenvalue weighted by Crippen LogP contribution is 2.18. The van der Waals surface area contributed by atoms with Gasteiger partial charge in [0.25, 0.3) is 5.91 Å². The van der Waals surface area contributed by atoms with Crippen LogP contribution in [0, 0.1) is 6.92 Å². The van der Waals surface area contributed by atoms with Gasteiger partial charge in [0.05, 0.1) is 12.0 Å². The molecule has 1 aromatic carbocycles. The Kier molecular flexibility index (Phi) is 5.43. The summed E-state index contributed by atoms with van der Waals surface area (Å²) in [6.07, 6.45) is 1.89. The van der Waals surface area contributed by atoms with Crippen LogP contribution in [0.25, 0.3) is 0 Å². The second-order valence-corrected chi connectivity index (χ2v) is 6.83. The molecule has 3 rings (SSSR count). The second-order valence-electron chi connectivity index (χ2n) is 5.74. The van der Waals surface area contributed by atoms with Gasteiger partial charge in [-0.05, 0) is 36.8 Å². The SMILES string of the molecule is COC(=O)c1ccc(C(=O)N=c2ccccn2Cc2ccc(C)cc2)s1. The Balaban J connectivity index is 1.88. The Morgan fingerprint density at radius 2 is 1.77 bits per heavy atom. The van der Waals surface area contributed by atoms with E-state index in [1.54, 1.807) is 18.2 Å². The number of carbonyl (C=O) groups excluding carboxylic acids is 2. The van der Waals surface area contributed by atoms with E-state index in [0.29, 0.717) is 21.8 Å². The van der Waals surface area contributed by atoms with Crippen LogP contribution in [0.1, 0.15) is 30.5 Å². The van der Waals surface area contributed by atoms with E-state index in [-0.39, 0.29) is 5.91 Å². The molecule has 0 N–H and O–H groups in total. The predicted molar refractivity (Wildman–Crippen MR) is 100 cm³/mol. The van der Waals surface area contributed by atoms with Crippen molar-refractivity contribution in [3.8, 4) is 0 Å². The van der Waals surface area contributed by atoms with Gasteiger partial charge in [0.1, 0.15) is 10.4 Å². The lowest BCUT2D eigenvalue weighted by Crippen LogP contribution is -2.22. The number of esters is 1. The lowest BCUT2D eigenvalue weighted by molar-refractivity contribution is 0.0606. The van der Waals surface area contributed by atoms with Gasteiger partial charge in [-0.15, -0.1) is 11.3 Å². The van der Waals surface area contributed by atoms with Crippen molar-refractivity contribution >= 4 is 23.2 Å². The Hall–Kier alpha value is -2.99. The largest absolute Gasteiger partial charge is 0.465 e. The van der Waals surface area contributed by atoms with Crippen LogP contribution < -0.4 is 5.49 Å². The number of amides is 1. The molecule has 0 bridgehead atoms. The first kappa shape index (κ1) is 17.8. The van der Waals surface area contributed by atoms with Gasteiger partial charge in [-0.25, -0.2) is 4.79 Å². The molecule has 2 heterocycles. The maximum Gasteiger partial charge on any atom is 0.348 e. The third-order valence-electron chi connectivity index (χ3n) is 3.81. The first-order valence-corrected chi connectivity index (χ1v) is 8.86. The normalized spacial score (nSPS) is 11.4. The summed E-state index contributed by atoms with van der Waals surface area (Å²) in [5.41, 5.74) is 2.89. The van der Waals surface area contributed by atoms with Gasteiger partial charge in [0.15, 0.2) is 0 Å². The van der Waals surface area contributed by atoms with Crippen LogP contribution in [0.2, 0.25) is 0 Å². The molecule has 0 spiro atoms. The third kappa shape index (κ3) is 4.15. The van der Waals surface area contributed by atoms with E-state index in [0.717, 1.165) is 16.9 Å². The summed E-state index contributed by atoms with van der Waals surface area (Å²) < 4.78 is 6.58. The molecule has 0 fully saturated rings. The van der Waals surface area contributed by atoms with Crippen molar-refractivity contribution in [1.82, 2.24) is 4.57 Å². The molecule has 0 saturated heterocycles. The molecule has 0 saturated carbocycles. The number of aryl methyl sites for hydroxylation is 1. The summed E-state index contributed by atoms with van der Waals surface area (Å²) in [5, 5.41) is 0. The number of ether oxygens (including phenoxy) is 1. The fraction of sp³-hybridized carbons (Fsp3) is 0.150. The van der Waals surface area contributed by atoms with Crippen molar-refractivity contribution in [1.29, 1.82) is 0 Å². The zero-order chi connectivity index (χ0) is 18.5. The van der Waals surface area contributed by atoms with Crippen LogP contribution in [-0.2, 0) is 11.3 Å². The van der Waals surface area contributed by atoms with E-state index in [1.807, 2.05) is 29.8 Å². The van der Waals surface area contributed by atoms with Gasteiger partial charge in [0.2, 0.25) is 0 Å². The molecular formula is C20H18N2O3S. The topological polar surface area (TPSA) is 60.7 Å². The molecule has 2 aromatic heterocycles. The monoisotopic (exact) mass is 366 g/mol. The number of methoxy groups -OCH3 is 1. The molecule has 0 unspecified atom stereocenters. The molecule has 1 amide bonds. The van der Waals surface area contributed by atoms with Crippen molar-refractivity contribution < 1.29 is 14.3 Å². The lowest BCUT2D eigenvalue weighted by Gasteiger charge is -2.07. The van der Waals surface area contributed by atoms with E-state index in [2.05, 4.69) is 34.0 Å². The van der Waals surface area contributed by atoms with E-state index in [1.165, 1.54) is 12.7 Å². The molecule has 0 atom stereocenters. The zero-order valence-electron chi connectivity index (χ0n) is 14.5. The van der Waals surface area contributed by atoms with Crippen LogP contribution in [-0.4, -0.2) is 23.6 Å². The molecular weight excluding hydrogens is 348 g/mol. The lowest BCUT2D eigenvalue weighted by atomic mass is 10.1. The minimum absolute atomic E-state index is 0.381.